The fourth-order valence-corrected chi connectivity index (χ4v) is 2.53. The van der Waals surface area contributed by atoms with Crippen molar-refractivity contribution in [1.29, 1.82) is 0 Å². The molecule has 0 aliphatic heterocycles. The van der Waals surface area contributed by atoms with Crippen molar-refractivity contribution >= 4 is 17.6 Å². The predicted octanol–water partition coefficient (Wildman–Crippen LogP) is 4.49. The number of methoxy groups -OCH3 is 1. The molecule has 0 heterocycles. The highest BCUT2D eigenvalue weighted by atomic mass is 16.5. The van der Waals surface area contributed by atoms with Crippen molar-refractivity contribution in [2.45, 2.75) is 46.1 Å². The Kier molecular flexibility index (Phi) is 6.26. The molecule has 1 N–H and O–H groups in total. The first kappa shape index (κ1) is 20.5. The summed E-state index contributed by atoms with van der Waals surface area (Å²) in [5.41, 5.74) is 3.04. The van der Waals surface area contributed by atoms with Crippen molar-refractivity contribution in [2.24, 2.45) is 0 Å². The lowest BCUT2D eigenvalue weighted by Crippen LogP contribution is -2.30. The summed E-state index contributed by atoms with van der Waals surface area (Å²) in [6.07, 6.45) is -0.688. The molecule has 144 valence electrons. The predicted molar refractivity (Wildman–Crippen MR) is 106 cm³/mol. The van der Waals surface area contributed by atoms with Crippen LogP contribution in [0.5, 0.6) is 5.75 Å². The van der Waals surface area contributed by atoms with Gasteiger partial charge >= 0.3 is 5.97 Å². The minimum Gasteiger partial charge on any atom is -0.481 e. The number of hydrogen-bond donors (Lipinski definition) is 1. The summed E-state index contributed by atoms with van der Waals surface area (Å²) in [5, 5.41) is 2.81. The molecule has 0 bridgehead atoms. The van der Waals surface area contributed by atoms with Gasteiger partial charge in [0.2, 0.25) is 0 Å². The zero-order chi connectivity index (χ0) is 20.2. The van der Waals surface area contributed by atoms with Crippen LogP contribution in [0.15, 0.2) is 42.5 Å². The number of carbonyl (C=O) groups is 2. The van der Waals surface area contributed by atoms with Gasteiger partial charge in [0.15, 0.2) is 6.10 Å². The minimum absolute atomic E-state index is 0.0592. The van der Waals surface area contributed by atoms with Gasteiger partial charge in [-0.05, 0) is 54.7 Å². The van der Waals surface area contributed by atoms with E-state index >= 15 is 0 Å². The second-order valence-corrected chi connectivity index (χ2v) is 7.54. The molecule has 0 radical (unpaired) electrons. The van der Waals surface area contributed by atoms with Gasteiger partial charge in [0, 0.05) is 5.69 Å². The first-order chi connectivity index (χ1) is 12.6. The number of anilines is 1. The quantitative estimate of drug-likeness (QED) is 0.789. The van der Waals surface area contributed by atoms with E-state index in [1.165, 1.54) is 12.7 Å². The Labute approximate surface area is 160 Å². The van der Waals surface area contributed by atoms with E-state index in [0.717, 1.165) is 5.56 Å². The number of esters is 1. The van der Waals surface area contributed by atoms with E-state index in [1.54, 1.807) is 25.1 Å². The van der Waals surface area contributed by atoms with E-state index in [4.69, 9.17) is 9.47 Å². The van der Waals surface area contributed by atoms with E-state index in [2.05, 4.69) is 26.1 Å². The second kappa shape index (κ2) is 8.25. The monoisotopic (exact) mass is 369 g/mol. The van der Waals surface area contributed by atoms with Crippen molar-refractivity contribution < 1.29 is 19.1 Å². The molecule has 2 aromatic rings. The molecule has 0 fully saturated rings. The third-order valence-electron chi connectivity index (χ3n) is 4.32. The summed E-state index contributed by atoms with van der Waals surface area (Å²) < 4.78 is 10.5. The summed E-state index contributed by atoms with van der Waals surface area (Å²) in [5.74, 6) is -0.112. The molecule has 0 aromatic heterocycles. The molecule has 2 rings (SSSR count). The molecule has 27 heavy (non-hydrogen) atoms. The maximum atomic E-state index is 12.5. The molecule has 1 amide bonds. The molecule has 2 aromatic carbocycles. The second-order valence-electron chi connectivity index (χ2n) is 7.54. The maximum absolute atomic E-state index is 12.5. The number of carbonyl (C=O) groups excluding carboxylic acids is 2. The van der Waals surface area contributed by atoms with Crippen molar-refractivity contribution in [2.75, 3.05) is 12.4 Å². The third kappa shape index (κ3) is 5.33. The summed E-state index contributed by atoms with van der Waals surface area (Å²) in [6, 6.07) is 12.8. The van der Waals surface area contributed by atoms with Gasteiger partial charge in [0.05, 0.1) is 12.7 Å². The number of aryl methyl sites for hydroxylation is 1. The molecule has 0 unspecified atom stereocenters. The molecular formula is C22H27NO4. The first-order valence-electron chi connectivity index (χ1n) is 8.89. The highest BCUT2D eigenvalue weighted by molar-refractivity contribution is 5.97. The molecule has 0 saturated heterocycles. The SMILES string of the molecule is COC(=O)c1ccc(C)c(NC(=O)[C@H](C)Oc2ccc(C(C)(C)C)cc2)c1. The van der Waals surface area contributed by atoms with E-state index < -0.39 is 12.1 Å². The Balaban J connectivity index is 2.06. The smallest absolute Gasteiger partial charge is 0.337 e. The van der Waals surface area contributed by atoms with Crippen LogP contribution < -0.4 is 10.1 Å². The van der Waals surface area contributed by atoms with Crippen LogP contribution in [0, 0.1) is 6.92 Å². The van der Waals surface area contributed by atoms with Crippen LogP contribution in [-0.2, 0) is 14.9 Å². The average Bonchev–Trinajstić information content (AvgIpc) is 2.62. The number of ether oxygens (including phenoxy) is 2. The highest BCUT2D eigenvalue weighted by Crippen LogP contribution is 2.25. The Hall–Kier alpha value is -2.82. The number of rotatable bonds is 5. The Morgan fingerprint density at radius 1 is 1.04 bits per heavy atom. The van der Waals surface area contributed by atoms with Gasteiger partial charge in [0.25, 0.3) is 5.91 Å². The normalized spacial score (nSPS) is 12.2. The van der Waals surface area contributed by atoms with Crippen molar-refractivity contribution in [3.8, 4) is 5.75 Å². The fourth-order valence-electron chi connectivity index (χ4n) is 2.53. The topological polar surface area (TPSA) is 64.6 Å². The average molecular weight is 369 g/mol. The summed E-state index contributed by atoms with van der Waals surface area (Å²) >= 11 is 0. The molecule has 5 nitrogen and oxygen atoms in total. The number of hydrogen-bond acceptors (Lipinski definition) is 4. The number of amides is 1. The van der Waals surface area contributed by atoms with E-state index in [0.29, 0.717) is 17.0 Å². The minimum atomic E-state index is -0.688. The molecule has 0 spiro atoms. The van der Waals surface area contributed by atoms with E-state index in [-0.39, 0.29) is 11.3 Å². The van der Waals surface area contributed by atoms with Gasteiger partial charge in [-0.1, -0.05) is 39.0 Å². The lowest BCUT2D eigenvalue weighted by Gasteiger charge is -2.20. The van der Waals surface area contributed by atoms with Gasteiger partial charge in [-0.3, -0.25) is 4.79 Å². The molecule has 0 aliphatic rings. The van der Waals surface area contributed by atoms with Crippen LogP contribution in [-0.4, -0.2) is 25.1 Å². The molecule has 5 heteroatoms. The lowest BCUT2D eigenvalue weighted by atomic mass is 9.87. The van der Waals surface area contributed by atoms with Crippen LogP contribution in [0.25, 0.3) is 0 Å². The fraction of sp³-hybridized carbons (Fsp3) is 0.364. The van der Waals surface area contributed by atoms with Crippen molar-refractivity contribution in [3.63, 3.8) is 0 Å². The summed E-state index contributed by atoms with van der Waals surface area (Å²) in [7, 11) is 1.32. The number of benzene rings is 2. The standard InChI is InChI=1S/C22H27NO4/c1-14-7-8-16(21(25)26-6)13-19(14)23-20(24)15(2)27-18-11-9-17(10-12-18)22(3,4)5/h7-13,15H,1-6H3,(H,23,24)/t15-/m0/s1. The molecular weight excluding hydrogens is 342 g/mol. The molecule has 1 atom stereocenters. The van der Waals surface area contributed by atoms with Crippen LogP contribution >= 0.6 is 0 Å². The third-order valence-corrected chi connectivity index (χ3v) is 4.32. The van der Waals surface area contributed by atoms with Gasteiger partial charge in [0.1, 0.15) is 5.75 Å². The molecule has 0 saturated carbocycles. The van der Waals surface area contributed by atoms with Gasteiger partial charge < -0.3 is 14.8 Å². The van der Waals surface area contributed by atoms with E-state index in [1.807, 2.05) is 31.2 Å². The van der Waals surface area contributed by atoms with Crippen molar-refractivity contribution in [1.82, 2.24) is 0 Å². The zero-order valence-electron chi connectivity index (χ0n) is 16.8. The maximum Gasteiger partial charge on any atom is 0.337 e. The van der Waals surface area contributed by atoms with Crippen molar-refractivity contribution in [3.05, 3.63) is 59.2 Å². The Bertz CT molecular complexity index is 819. The largest absolute Gasteiger partial charge is 0.481 e. The van der Waals surface area contributed by atoms with Gasteiger partial charge in [-0.2, -0.15) is 0 Å². The summed E-state index contributed by atoms with van der Waals surface area (Å²) in [4.78, 5) is 24.2. The number of nitrogens with one attached hydrogen (secondary N) is 1. The van der Waals surface area contributed by atoms with Gasteiger partial charge in [-0.25, -0.2) is 4.79 Å². The zero-order valence-corrected chi connectivity index (χ0v) is 16.8. The van der Waals surface area contributed by atoms with Gasteiger partial charge in [-0.15, -0.1) is 0 Å². The molecule has 0 aliphatic carbocycles. The van der Waals surface area contributed by atoms with Crippen LogP contribution in [0.4, 0.5) is 5.69 Å². The Morgan fingerprint density at radius 2 is 1.67 bits per heavy atom. The first-order valence-corrected chi connectivity index (χ1v) is 8.89. The van der Waals surface area contributed by atoms with E-state index in [9.17, 15) is 9.59 Å². The lowest BCUT2D eigenvalue weighted by molar-refractivity contribution is -0.122. The van der Waals surface area contributed by atoms with Crippen LogP contribution in [0.2, 0.25) is 0 Å². The highest BCUT2D eigenvalue weighted by Gasteiger charge is 2.18. The summed E-state index contributed by atoms with van der Waals surface area (Å²) in [6.45, 7) is 9.97. The Morgan fingerprint density at radius 3 is 2.22 bits per heavy atom. The van der Waals surface area contributed by atoms with Crippen LogP contribution in [0.1, 0.15) is 49.2 Å². The van der Waals surface area contributed by atoms with Crippen LogP contribution in [0.3, 0.4) is 0 Å².